The van der Waals surface area contributed by atoms with Crippen LogP contribution < -0.4 is 15.8 Å². The third kappa shape index (κ3) is 4.19. The number of hydrogen-bond donors (Lipinski definition) is 2. The summed E-state index contributed by atoms with van der Waals surface area (Å²) in [5, 5.41) is 2.73. The van der Waals surface area contributed by atoms with Gasteiger partial charge < -0.3 is 15.8 Å². The largest absolute Gasteiger partial charge is 0.494 e. The zero-order valence-corrected chi connectivity index (χ0v) is 13.2. The van der Waals surface area contributed by atoms with Crippen molar-refractivity contribution in [2.24, 2.45) is 0 Å². The molecule has 21 heavy (non-hydrogen) atoms. The summed E-state index contributed by atoms with van der Waals surface area (Å²) in [6.45, 7) is 2.65. The SMILES string of the molecule is CCCOc1cccc(C(=O)Nc2ncc(N)cc2Br)c1. The maximum absolute atomic E-state index is 12.2. The molecule has 1 heterocycles. The Morgan fingerprint density at radius 3 is 2.95 bits per heavy atom. The average Bonchev–Trinajstić information content (AvgIpc) is 2.48. The fourth-order valence-corrected chi connectivity index (χ4v) is 2.14. The first-order chi connectivity index (χ1) is 10.1. The number of anilines is 2. The van der Waals surface area contributed by atoms with E-state index in [0.717, 1.165) is 6.42 Å². The number of ether oxygens (including phenoxy) is 1. The molecule has 2 rings (SSSR count). The van der Waals surface area contributed by atoms with E-state index in [0.29, 0.717) is 33.9 Å². The lowest BCUT2D eigenvalue weighted by Crippen LogP contribution is -2.13. The number of benzene rings is 1. The molecule has 0 bridgehead atoms. The van der Waals surface area contributed by atoms with Crippen molar-refractivity contribution >= 4 is 33.3 Å². The number of amides is 1. The fourth-order valence-electron chi connectivity index (χ4n) is 1.67. The van der Waals surface area contributed by atoms with E-state index >= 15 is 0 Å². The second kappa shape index (κ2) is 7.08. The van der Waals surface area contributed by atoms with Crippen LogP contribution in [-0.2, 0) is 0 Å². The molecule has 0 saturated heterocycles. The van der Waals surface area contributed by atoms with Gasteiger partial charge in [0, 0.05) is 5.56 Å². The molecule has 0 aliphatic rings. The molecule has 2 aromatic rings. The highest BCUT2D eigenvalue weighted by Gasteiger charge is 2.10. The Kier molecular flexibility index (Phi) is 5.16. The summed E-state index contributed by atoms with van der Waals surface area (Å²) in [5.74, 6) is 0.845. The van der Waals surface area contributed by atoms with Crippen molar-refractivity contribution in [3.8, 4) is 5.75 Å². The molecule has 0 fully saturated rings. The summed E-state index contributed by atoms with van der Waals surface area (Å²) in [6, 6.07) is 8.72. The van der Waals surface area contributed by atoms with Gasteiger partial charge in [0.05, 0.1) is 23.0 Å². The summed E-state index contributed by atoms with van der Waals surface area (Å²) in [5.41, 5.74) is 6.65. The first kappa shape index (κ1) is 15.3. The van der Waals surface area contributed by atoms with Gasteiger partial charge in [0.1, 0.15) is 11.6 Å². The van der Waals surface area contributed by atoms with E-state index < -0.39 is 0 Å². The molecule has 0 radical (unpaired) electrons. The Balaban J connectivity index is 2.12. The minimum atomic E-state index is -0.255. The average molecular weight is 350 g/mol. The number of nitrogens with one attached hydrogen (secondary N) is 1. The smallest absolute Gasteiger partial charge is 0.256 e. The minimum Gasteiger partial charge on any atom is -0.494 e. The number of nitrogens with zero attached hydrogens (tertiary/aromatic N) is 1. The normalized spacial score (nSPS) is 10.2. The fraction of sp³-hybridized carbons (Fsp3) is 0.200. The summed E-state index contributed by atoms with van der Waals surface area (Å²) in [6.07, 6.45) is 2.40. The number of nitrogen functional groups attached to an aromatic ring is 1. The predicted molar refractivity (Wildman–Crippen MR) is 86.5 cm³/mol. The second-order valence-electron chi connectivity index (χ2n) is 4.43. The van der Waals surface area contributed by atoms with E-state index in [1.807, 2.05) is 13.0 Å². The van der Waals surface area contributed by atoms with Crippen LogP contribution in [0.2, 0.25) is 0 Å². The lowest BCUT2D eigenvalue weighted by Gasteiger charge is -2.09. The number of nitrogens with two attached hydrogens (primary N) is 1. The molecule has 5 nitrogen and oxygen atoms in total. The monoisotopic (exact) mass is 349 g/mol. The van der Waals surface area contributed by atoms with Gasteiger partial charge in [-0.05, 0) is 46.6 Å². The van der Waals surface area contributed by atoms with Crippen LogP contribution in [-0.4, -0.2) is 17.5 Å². The van der Waals surface area contributed by atoms with Crippen molar-refractivity contribution in [1.29, 1.82) is 0 Å². The molecular formula is C15H16BrN3O2. The number of carbonyl (C=O) groups excluding carboxylic acids is 1. The Hall–Kier alpha value is -2.08. The van der Waals surface area contributed by atoms with Crippen LogP contribution in [0.1, 0.15) is 23.7 Å². The topological polar surface area (TPSA) is 77.2 Å². The number of hydrogen-bond acceptors (Lipinski definition) is 4. The number of pyridine rings is 1. The minimum absolute atomic E-state index is 0.255. The van der Waals surface area contributed by atoms with Gasteiger partial charge in [0.25, 0.3) is 5.91 Å². The molecule has 6 heteroatoms. The van der Waals surface area contributed by atoms with Gasteiger partial charge in [0.2, 0.25) is 0 Å². The summed E-state index contributed by atoms with van der Waals surface area (Å²) < 4.78 is 6.15. The van der Waals surface area contributed by atoms with Crippen molar-refractivity contribution in [1.82, 2.24) is 4.98 Å². The van der Waals surface area contributed by atoms with Crippen LogP contribution >= 0.6 is 15.9 Å². The van der Waals surface area contributed by atoms with Crippen molar-refractivity contribution < 1.29 is 9.53 Å². The molecule has 0 spiro atoms. The van der Waals surface area contributed by atoms with Crippen molar-refractivity contribution in [3.63, 3.8) is 0 Å². The molecule has 0 aliphatic heterocycles. The number of halogens is 1. The third-order valence-electron chi connectivity index (χ3n) is 2.66. The van der Waals surface area contributed by atoms with Crippen molar-refractivity contribution in [2.75, 3.05) is 17.7 Å². The van der Waals surface area contributed by atoms with Crippen molar-refractivity contribution in [3.05, 3.63) is 46.6 Å². The molecule has 0 unspecified atom stereocenters. The van der Waals surface area contributed by atoms with Crippen molar-refractivity contribution in [2.45, 2.75) is 13.3 Å². The van der Waals surface area contributed by atoms with Crippen LogP contribution in [0, 0.1) is 0 Å². The molecule has 3 N–H and O–H groups in total. The Morgan fingerprint density at radius 1 is 1.43 bits per heavy atom. The first-order valence-corrected chi connectivity index (χ1v) is 7.34. The zero-order valence-electron chi connectivity index (χ0n) is 11.6. The summed E-state index contributed by atoms with van der Waals surface area (Å²) in [7, 11) is 0. The molecular weight excluding hydrogens is 334 g/mol. The highest BCUT2D eigenvalue weighted by atomic mass is 79.9. The van der Waals surface area contributed by atoms with E-state index in [2.05, 4.69) is 26.2 Å². The van der Waals surface area contributed by atoms with Gasteiger partial charge >= 0.3 is 0 Å². The molecule has 1 amide bonds. The van der Waals surface area contributed by atoms with Crippen LogP contribution in [0.25, 0.3) is 0 Å². The van der Waals surface area contributed by atoms with Crippen LogP contribution in [0.15, 0.2) is 41.0 Å². The third-order valence-corrected chi connectivity index (χ3v) is 3.27. The quantitative estimate of drug-likeness (QED) is 0.866. The molecule has 0 atom stereocenters. The van der Waals surface area contributed by atoms with Gasteiger partial charge in [-0.25, -0.2) is 4.98 Å². The molecule has 1 aromatic heterocycles. The van der Waals surface area contributed by atoms with Crippen LogP contribution in [0.5, 0.6) is 5.75 Å². The van der Waals surface area contributed by atoms with Gasteiger partial charge in [-0.2, -0.15) is 0 Å². The van der Waals surface area contributed by atoms with E-state index in [1.165, 1.54) is 6.20 Å². The van der Waals surface area contributed by atoms with Crippen LogP contribution in [0.4, 0.5) is 11.5 Å². The van der Waals surface area contributed by atoms with Gasteiger partial charge in [0.15, 0.2) is 0 Å². The lowest BCUT2D eigenvalue weighted by atomic mass is 10.2. The van der Waals surface area contributed by atoms with E-state index in [1.54, 1.807) is 24.3 Å². The van der Waals surface area contributed by atoms with E-state index in [9.17, 15) is 4.79 Å². The standard InChI is InChI=1S/C15H16BrN3O2/c1-2-6-21-12-5-3-4-10(7-12)15(20)19-14-13(16)8-11(17)9-18-14/h3-5,7-9H,2,6,17H2,1H3,(H,18,19,20). The molecule has 1 aromatic carbocycles. The Labute approximate surface area is 131 Å². The Bertz CT molecular complexity index is 647. The molecule has 0 aliphatic carbocycles. The first-order valence-electron chi connectivity index (χ1n) is 6.55. The molecule has 110 valence electrons. The zero-order chi connectivity index (χ0) is 15.2. The predicted octanol–water partition coefficient (Wildman–Crippen LogP) is 3.47. The van der Waals surface area contributed by atoms with Gasteiger partial charge in [-0.15, -0.1) is 0 Å². The molecule has 0 saturated carbocycles. The highest BCUT2D eigenvalue weighted by Crippen LogP contribution is 2.23. The summed E-state index contributed by atoms with van der Waals surface area (Å²) >= 11 is 3.31. The number of rotatable bonds is 5. The highest BCUT2D eigenvalue weighted by molar-refractivity contribution is 9.10. The van der Waals surface area contributed by atoms with Gasteiger partial charge in [-0.3, -0.25) is 4.79 Å². The van der Waals surface area contributed by atoms with Gasteiger partial charge in [-0.1, -0.05) is 13.0 Å². The van der Waals surface area contributed by atoms with E-state index in [4.69, 9.17) is 10.5 Å². The number of carbonyl (C=O) groups is 1. The number of aromatic nitrogens is 1. The van der Waals surface area contributed by atoms with E-state index in [-0.39, 0.29) is 5.91 Å². The lowest BCUT2D eigenvalue weighted by molar-refractivity contribution is 0.102. The van der Waals surface area contributed by atoms with Crippen LogP contribution in [0.3, 0.4) is 0 Å². The Morgan fingerprint density at radius 2 is 2.24 bits per heavy atom. The summed E-state index contributed by atoms with van der Waals surface area (Å²) in [4.78, 5) is 16.3. The second-order valence-corrected chi connectivity index (χ2v) is 5.28. The maximum Gasteiger partial charge on any atom is 0.256 e. The maximum atomic E-state index is 12.2.